The van der Waals surface area contributed by atoms with Crippen LogP contribution in [0.15, 0.2) is 0 Å². The van der Waals surface area contributed by atoms with Crippen molar-refractivity contribution >= 4 is 21.4 Å². The van der Waals surface area contributed by atoms with E-state index in [2.05, 4.69) is 0 Å². The van der Waals surface area contributed by atoms with E-state index in [9.17, 15) is 8.42 Å². The molecule has 0 saturated carbocycles. The van der Waals surface area contributed by atoms with Crippen molar-refractivity contribution < 1.29 is 8.42 Å². The van der Waals surface area contributed by atoms with Crippen molar-refractivity contribution in [2.24, 2.45) is 5.92 Å². The van der Waals surface area contributed by atoms with Gasteiger partial charge >= 0.3 is 0 Å². The fourth-order valence-corrected chi connectivity index (χ4v) is 2.05. The minimum Gasteiger partial charge on any atom is -0.229 e. The summed E-state index contributed by atoms with van der Waals surface area (Å²) >= 11 is 5.45. The average molecular weight is 185 g/mol. The van der Waals surface area contributed by atoms with Crippen LogP contribution in [0, 0.1) is 5.92 Å². The van der Waals surface area contributed by atoms with Gasteiger partial charge in [0.05, 0.1) is 5.75 Å². The van der Waals surface area contributed by atoms with E-state index < -0.39 is 9.84 Å². The summed E-state index contributed by atoms with van der Waals surface area (Å²) in [6.45, 7) is 3.48. The second-order valence-electron chi connectivity index (χ2n) is 2.46. The van der Waals surface area contributed by atoms with E-state index in [0.717, 1.165) is 0 Å². The van der Waals surface area contributed by atoms with Crippen molar-refractivity contribution in [3.63, 3.8) is 0 Å². The predicted octanol–water partition coefficient (Wildman–Crippen LogP) is 1.30. The molecule has 0 heterocycles. The van der Waals surface area contributed by atoms with Gasteiger partial charge in [-0.05, 0) is 5.92 Å². The highest BCUT2D eigenvalue weighted by molar-refractivity contribution is 7.91. The largest absolute Gasteiger partial charge is 0.229 e. The molecule has 0 fully saturated rings. The summed E-state index contributed by atoms with van der Waals surface area (Å²) in [6.07, 6.45) is 0. The monoisotopic (exact) mass is 184 g/mol. The summed E-state index contributed by atoms with van der Waals surface area (Å²) in [4.78, 5) is 0. The van der Waals surface area contributed by atoms with E-state index in [1.807, 2.05) is 6.92 Å². The summed E-state index contributed by atoms with van der Waals surface area (Å²) in [5, 5.41) is 0. The number of alkyl halides is 1. The first kappa shape index (κ1) is 10.2. The van der Waals surface area contributed by atoms with Crippen molar-refractivity contribution in [1.29, 1.82) is 0 Å². The molecular formula is C6H13ClO2S. The van der Waals surface area contributed by atoms with Gasteiger partial charge in [0.2, 0.25) is 0 Å². The lowest BCUT2D eigenvalue weighted by molar-refractivity contribution is 0.584. The fraction of sp³-hybridized carbons (Fsp3) is 1.00. The molecule has 0 aliphatic rings. The Hall–Kier alpha value is 0.240. The molecule has 0 aliphatic carbocycles. The molecule has 1 unspecified atom stereocenters. The van der Waals surface area contributed by atoms with Crippen LogP contribution < -0.4 is 0 Å². The number of hydrogen-bond donors (Lipinski definition) is 0. The molecule has 0 bridgehead atoms. The molecule has 0 aliphatic heterocycles. The van der Waals surface area contributed by atoms with Gasteiger partial charge in [-0.25, -0.2) is 8.42 Å². The van der Waals surface area contributed by atoms with E-state index in [0.29, 0.717) is 5.88 Å². The molecule has 4 heteroatoms. The first-order valence-electron chi connectivity index (χ1n) is 3.28. The lowest BCUT2D eigenvalue weighted by Crippen LogP contribution is -2.16. The lowest BCUT2D eigenvalue weighted by Gasteiger charge is -2.05. The molecule has 0 spiro atoms. The van der Waals surface area contributed by atoms with Crippen LogP contribution in [0.2, 0.25) is 0 Å². The first-order valence-corrected chi connectivity index (χ1v) is 5.63. The van der Waals surface area contributed by atoms with E-state index in [1.54, 1.807) is 6.92 Å². The van der Waals surface area contributed by atoms with E-state index >= 15 is 0 Å². The van der Waals surface area contributed by atoms with Crippen LogP contribution in [-0.4, -0.2) is 25.8 Å². The van der Waals surface area contributed by atoms with Gasteiger partial charge in [0.1, 0.15) is 9.84 Å². The van der Waals surface area contributed by atoms with Gasteiger partial charge in [0, 0.05) is 11.6 Å². The Morgan fingerprint density at radius 1 is 1.50 bits per heavy atom. The number of hydrogen-bond acceptors (Lipinski definition) is 2. The second kappa shape index (κ2) is 4.19. The molecule has 0 aromatic heterocycles. The molecule has 1 atom stereocenters. The lowest BCUT2D eigenvalue weighted by atomic mass is 10.3. The summed E-state index contributed by atoms with van der Waals surface area (Å²) in [7, 11) is -2.82. The van der Waals surface area contributed by atoms with Crippen LogP contribution in [0.3, 0.4) is 0 Å². The molecular weight excluding hydrogens is 172 g/mol. The number of halogens is 1. The van der Waals surface area contributed by atoms with Gasteiger partial charge in [0.15, 0.2) is 0 Å². The maximum atomic E-state index is 10.9. The molecule has 2 nitrogen and oxygen atoms in total. The molecule has 0 radical (unpaired) electrons. The predicted molar refractivity (Wildman–Crippen MR) is 44.2 cm³/mol. The van der Waals surface area contributed by atoms with E-state index in [1.165, 1.54) is 0 Å². The van der Waals surface area contributed by atoms with Crippen LogP contribution in [0.1, 0.15) is 13.8 Å². The van der Waals surface area contributed by atoms with Crippen molar-refractivity contribution in [2.45, 2.75) is 13.8 Å². The maximum absolute atomic E-state index is 10.9. The molecule has 0 saturated heterocycles. The van der Waals surface area contributed by atoms with Gasteiger partial charge < -0.3 is 0 Å². The quantitative estimate of drug-likeness (QED) is 0.618. The summed E-state index contributed by atoms with van der Waals surface area (Å²) in [5.41, 5.74) is 0. The minimum atomic E-state index is -2.82. The molecule has 0 amide bonds. The molecule has 0 aromatic rings. The van der Waals surface area contributed by atoms with Gasteiger partial charge in [0.25, 0.3) is 0 Å². The Balaban J connectivity index is 3.90. The SMILES string of the molecule is CCS(=O)(=O)CC(C)CCl. The van der Waals surface area contributed by atoms with E-state index in [-0.39, 0.29) is 17.4 Å². The topological polar surface area (TPSA) is 34.1 Å². The zero-order valence-electron chi connectivity index (χ0n) is 6.30. The zero-order chi connectivity index (χ0) is 8.20. The maximum Gasteiger partial charge on any atom is 0.150 e. The highest BCUT2D eigenvalue weighted by atomic mass is 35.5. The van der Waals surface area contributed by atoms with Crippen LogP contribution >= 0.6 is 11.6 Å². The third kappa shape index (κ3) is 4.12. The Bertz CT molecular complexity index is 174. The third-order valence-electron chi connectivity index (χ3n) is 1.24. The van der Waals surface area contributed by atoms with Crippen molar-refractivity contribution in [2.75, 3.05) is 17.4 Å². The standard InChI is InChI=1S/C6H13ClO2S/c1-3-10(8,9)5-6(2)4-7/h6H,3-5H2,1-2H3. The smallest absolute Gasteiger partial charge is 0.150 e. The highest BCUT2D eigenvalue weighted by Gasteiger charge is 2.11. The van der Waals surface area contributed by atoms with Gasteiger partial charge in [-0.15, -0.1) is 11.6 Å². The third-order valence-corrected chi connectivity index (χ3v) is 3.73. The molecule has 62 valence electrons. The minimum absolute atomic E-state index is 0.0756. The summed E-state index contributed by atoms with van der Waals surface area (Å²) in [6, 6.07) is 0. The molecule has 0 rings (SSSR count). The summed E-state index contributed by atoms with van der Waals surface area (Å²) < 4.78 is 21.8. The number of sulfone groups is 1. The Labute approximate surface area is 67.5 Å². The highest BCUT2D eigenvalue weighted by Crippen LogP contribution is 2.03. The number of rotatable bonds is 4. The van der Waals surface area contributed by atoms with Crippen LogP contribution in [-0.2, 0) is 9.84 Å². The average Bonchev–Trinajstić information content (AvgIpc) is 1.87. The van der Waals surface area contributed by atoms with Crippen molar-refractivity contribution in [1.82, 2.24) is 0 Å². The Morgan fingerprint density at radius 2 is 2.00 bits per heavy atom. The van der Waals surface area contributed by atoms with Crippen LogP contribution in [0.4, 0.5) is 0 Å². The Morgan fingerprint density at radius 3 is 2.30 bits per heavy atom. The van der Waals surface area contributed by atoms with Gasteiger partial charge in [-0.3, -0.25) is 0 Å². The molecule has 10 heavy (non-hydrogen) atoms. The van der Waals surface area contributed by atoms with Crippen LogP contribution in [0.25, 0.3) is 0 Å². The first-order chi connectivity index (χ1) is 4.52. The fourth-order valence-electron chi connectivity index (χ4n) is 0.596. The normalized spacial score (nSPS) is 15.1. The molecule has 0 aromatic carbocycles. The van der Waals surface area contributed by atoms with Crippen molar-refractivity contribution in [3.05, 3.63) is 0 Å². The zero-order valence-corrected chi connectivity index (χ0v) is 7.87. The summed E-state index contributed by atoms with van der Waals surface area (Å²) in [5.74, 6) is 0.923. The van der Waals surface area contributed by atoms with E-state index in [4.69, 9.17) is 11.6 Å². The van der Waals surface area contributed by atoms with Gasteiger partial charge in [-0.1, -0.05) is 13.8 Å². The van der Waals surface area contributed by atoms with Crippen LogP contribution in [0.5, 0.6) is 0 Å². The van der Waals surface area contributed by atoms with Gasteiger partial charge in [-0.2, -0.15) is 0 Å². The van der Waals surface area contributed by atoms with Crippen molar-refractivity contribution in [3.8, 4) is 0 Å². The Kier molecular flexibility index (Phi) is 4.29. The molecule has 0 N–H and O–H groups in total. The second-order valence-corrected chi connectivity index (χ2v) is 5.16.